The Balaban J connectivity index is 2.90. The van der Waals surface area contributed by atoms with Gasteiger partial charge in [-0.25, -0.2) is 8.42 Å². The minimum absolute atomic E-state index is 0.0173. The second-order valence-electron chi connectivity index (χ2n) is 5.24. The Hall–Kier alpha value is -1.15. The van der Waals surface area contributed by atoms with Gasteiger partial charge in [0.2, 0.25) is 15.9 Å². The van der Waals surface area contributed by atoms with Gasteiger partial charge in [0.15, 0.2) is 0 Å². The summed E-state index contributed by atoms with van der Waals surface area (Å²) in [5.41, 5.74) is 0. The zero-order valence-corrected chi connectivity index (χ0v) is 13.4. The van der Waals surface area contributed by atoms with Crippen LogP contribution >= 0.6 is 0 Å². The van der Waals surface area contributed by atoms with Gasteiger partial charge >= 0.3 is 5.97 Å². The molecule has 1 rings (SSSR count). The highest BCUT2D eigenvalue weighted by atomic mass is 32.2. The topological polar surface area (TPSA) is 95.0 Å². The molecule has 1 amide bonds. The van der Waals surface area contributed by atoms with Crippen LogP contribution in [-0.4, -0.2) is 66.0 Å². The zero-order valence-electron chi connectivity index (χ0n) is 12.6. The maximum absolute atomic E-state index is 12.5. The quantitative estimate of drug-likeness (QED) is 0.703. The lowest BCUT2D eigenvalue weighted by atomic mass is 10.2. The molecule has 8 heteroatoms. The molecule has 1 fully saturated rings. The second kappa shape index (κ2) is 7.74. The Morgan fingerprint density at radius 3 is 2.48 bits per heavy atom. The molecule has 0 aromatic rings. The van der Waals surface area contributed by atoms with Crippen molar-refractivity contribution in [3.05, 3.63) is 0 Å². The molecule has 1 unspecified atom stereocenters. The summed E-state index contributed by atoms with van der Waals surface area (Å²) in [6.45, 7) is 3.90. The van der Waals surface area contributed by atoms with E-state index >= 15 is 0 Å². The highest BCUT2D eigenvalue weighted by Gasteiger charge is 2.40. The predicted octanol–water partition coefficient (Wildman–Crippen LogP) is 0.514. The number of rotatable bonds is 8. The third kappa shape index (κ3) is 4.67. The predicted molar refractivity (Wildman–Crippen MR) is 78.3 cm³/mol. The van der Waals surface area contributed by atoms with E-state index in [4.69, 9.17) is 5.11 Å². The smallest absolute Gasteiger partial charge is 0.323 e. The van der Waals surface area contributed by atoms with Gasteiger partial charge in [-0.3, -0.25) is 9.59 Å². The van der Waals surface area contributed by atoms with Crippen molar-refractivity contribution in [3.8, 4) is 0 Å². The maximum atomic E-state index is 12.5. The van der Waals surface area contributed by atoms with Crippen LogP contribution in [-0.2, 0) is 19.6 Å². The van der Waals surface area contributed by atoms with Gasteiger partial charge in [0, 0.05) is 13.1 Å². The third-order valence-electron chi connectivity index (χ3n) is 3.44. The normalized spacial score (nSPS) is 19.6. The van der Waals surface area contributed by atoms with E-state index in [-0.39, 0.29) is 12.3 Å². The van der Waals surface area contributed by atoms with Crippen molar-refractivity contribution in [2.45, 2.75) is 45.6 Å². The van der Waals surface area contributed by atoms with Crippen molar-refractivity contribution in [2.24, 2.45) is 0 Å². The van der Waals surface area contributed by atoms with E-state index in [1.165, 1.54) is 9.21 Å². The van der Waals surface area contributed by atoms with E-state index in [9.17, 15) is 18.0 Å². The first-order valence-corrected chi connectivity index (χ1v) is 8.94. The van der Waals surface area contributed by atoms with Crippen molar-refractivity contribution < 1.29 is 23.1 Å². The van der Waals surface area contributed by atoms with Gasteiger partial charge in [-0.05, 0) is 25.7 Å². The van der Waals surface area contributed by atoms with Crippen LogP contribution in [0, 0.1) is 0 Å². The molecule has 0 aromatic heterocycles. The average molecular weight is 320 g/mol. The summed E-state index contributed by atoms with van der Waals surface area (Å²) in [6, 6.07) is -0.743. The van der Waals surface area contributed by atoms with E-state index in [2.05, 4.69) is 0 Å². The van der Waals surface area contributed by atoms with E-state index in [0.29, 0.717) is 38.8 Å². The first kappa shape index (κ1) is 17.9. The SMILES string of the molecule is CCCN(CC(=O)O)C(=O)C1CCCN1S(=O)(=O)CCC. The van der Waals surface area contributed by atoms with Crippen LogP contribution in [0.3, 0.4) is 0 Å². The van der Waals surface area contributed by atoms with E-state index in [1.807, 2.05) is 6.92 Å². The van der Waals surface area contributed by atoms with E-state index in [1.54, 1.807) is 6.92 Å². The number of sulfonamides is 1. The standard InChI is InChI=1S/C13H24N2O5S/c1-3-7-14(10-12(16)17)13(18)11-6-5-8-15(11)21(19,20)9-4-2/h11H,3-10H2,1-2H3,(H,16,17). The fraction of sp³-hybridized carbons (Fsp3) is 0.846. The van der Waals surface area contributed by atoms with Crippen LogP contribution in [0.5, 0.6) is 0 Å². The van der Waals surface area contributed by atoms with Crippen molar-refractivity contribution >= 4 is 21.9 Å². The highest BCUT2D eigenvalue weighted by molar-refractivity contribution is 7.89. The lowest BCUT2D eigenvalue weighted by Crippen LogP contribution is -2.49. The molecule has 0 saturated carbocycles. The number of carboxylic acid groups (broad SMARTS) is 1. The molecular weight excluding hydrogens is 296 g/mol. The van der Waals surface area contributed by atoms with Gasteiger partial charge in [-0.2, -0.15) is 4.31 Å². The Labute approximate surface area is 126 Å². The molecule has 1 saturated heterocycles. The number of amides is 1. The van der Waals surface area contributed by atoms with Crippen LogP contribution in [0.15, 0.2) is 0 Å². The third-order valence-corrected chi connectivity index (χ3v) is 5.52. The monoisotopic (exact) mass is 320 g/mol. The van der Waals surface area contributed by atoms with Crippen LogP contribution < -0.4 is 0 Å². The summed E-state index contributed by atoms with van der Waals surface area (Å²) in [5, 5.41) is 8.89. The molecule has 1 aliphatic heterocycles. The Morgan fingerprint density at radius 1 is 1.29 bits per heavy atom. The van der Waals surface area contributed by atoms with E-state index < -0.39 is 27.9 Å². The summed E-state index contributed by atoms with van der Waals surface area (Å²) >= 11 is 0. The summed E-state index contributed by atoms with van der Waals surface area (Å²) in [5.74, 6) is -1.46. The highest BCUT2D eigenvalue weighted by Crippen LogP contribution is 2.23. The number of carbonyl (C=O) groups excluding carboxylic acids is 1. The first-order valence-electron chi connectivity index (χ1n) is 7.33. The van der Waals surface area contributed by atoms with Gasteiger partial charge in [0.25, 0.3) is 0 Å². The van der Waals surface area contributed by atoms with Crippen LogP contribution in [0.4, 0.5) is 0 Å². The maximum Gasteiger partial charge on any atom is 0.323 e. The van der Waals surface area contributed by atoms with Gasteiger partial charge in [-0.1, -0.05) is 13.8 Å². The molecule has 21 heavy (non-hydrogen) atoms. The van der Waals surface area contributed by atoms with Crippen molar-refractivity contribution in [3.63, 3.8) is 0 Å². The molecule has 1 heterocycles. The molecule has 1 atom stereocenters. The number of carbonyl (C=O) groups is 2. The van der Waals surface area contributed by atoms with Gasteiger partial charge in [0.1, 0.15) is 12.6 Å². The fourth-order valence-corrected chi connectivity index (χ4v) is 4.35. The van der Waals surface area contributed by atoms with Crippen molar-refractivity contribution in [1.29, 1.82) is 0 Å². The Morgan fingerprint density at radius 2 is 1.95 bits per heavy atom. The molecular formula is C13H24N2O5S. The number of nitrogens with zero attached hydrogens (tertiary/aromatic N) is 2. The number of carboxylic acids is 1. The number of hydrogen-bond acceptors (Lipinski definition) is 4. The molecule has 0 bridgehead atoms. The molecule has 0 aliphatic carbocycles. The Bertz CT molecular complexity index is 477. The fourth-order valence-electron chi connectivity index (χ4n) is 2.61. The number of hydrogen-bond donors (Lipinski definition) is 1. The molecule has 0 spiro atoms. The lowest BCUT2D eigenvalue weighted by Gasteiger charge is -2.28. The average Bonchev–Trinajstić information content (AvgIpc) is 2.86. The number of aliphatic carboxylic acids is 1. The minimum Gasteiger partial charge on any atom is -0.480 e. The van der Waals surface area contributed by atoms with Gasteiger partial charge in [0.05, 0.1) is 5.75 Å². The van der Waals surface area contributed by atoms with Crippen LogP contribution in [0.1, 0.15) is 39.5 Å². The molecule has 0 radical (unpaired) electrons. The minimum atomic E-state index is -3.44. The summed E-state index contributed by atoms with van der Waals surface area (Å²) in [7, 11) is -3.44. The molecule has 0 aromatic carbocycles. The van der Waals surface area contributed by atoms with Crippen molar-refractivity contribution in [1.82, 2.24) is 9.21 Å². The van der Waals surface area contributed by atoms with Gasteiger partial charge in [-0.15, -0.1) is 0 Å². The van der Waals surface area contributed by atoms with Crippen LogP contribution in [0.2, 0.25) is 0 Å². The van der Waals surface area contributed by atoms with E-state index in [0.717, 1.165) is 0 Å². The van der Waals surface area contributed by atoms with Crippen LogP contribution in [0.25, 0.3) is 0 Å². The summed E-state index contributed by atoms with van der Waals surface area (Å²) < 4.78 is 25.6. The molecule has 1 aliphatic rings. The largest absolute Gasteiger partial charge is 0.480 e. The second-order valence-corrected chi connectivity index (χ2v) is 7.28. The molecule has 1 N–H and O–H groups in total. The molecule has 122 valence electrons. The first-order chi connectivity index (χ1) is 9.83. The molecule has 7 nitrogen and oxygen atoms in total. The lowest BCUT2D eigenvalue weighted by molar-refractivity contribution is -0.145. The van der Waals surface area contributed by atoms with Crippen molar-refractivity contribution in [2.75, 3.05) is 25.4 Å². The zero-order chi connectivity index (χ0) is 16.0. The van der Waals surface area contributed by atoms with Gasteiger partial charge < -0.3 is 10.0 Å². The Kier molecular flexibility index (Phi) is 6.60. The summed E-state index contributed by atoms with van der Waals surface area (Å²) in [6.07, 6.45) is 2.22. The summed E-state index contributed by atoms with van der Waals surface area (Å²) in [4.78, 5) is 24.6.